The van der Waals surface area contributed by atoms with Gasteiger partial charge in [-0.25, -0.2) is 4.21 Å². The Kier molecular flexibility index (Phi) is 2.85. The van der Waals surface area contributed by atoms with Crippen LogP contribution < -0.4 is 4.90 Å². The standard InChI is InChI=1S/C13H9Cl2NOS/c1-16-10-4-2-8(14)6-12(10)18(17)13-7-9(15)3-5-11(13)16/h2-7H,1H3. The molecule has 5 heteroatoms. The highest BCUT2D eigenvalue weighted by Crippen LogP contribution is 2.42. The monoisotopic (exact) mass is 297 g/mol. The summed E-state index contributed by atoms with van der Waals surface area (Å²) in [6.07, 6.45) is 0. The van der Waals surface area contributed by atoms with E-state index in [1.54, 1.807) is 24.3 Å². The third-order valence-corrected chi connectivity index (χ3v) is 4.89. The average Bonchev–Trinajstić information content (AvgIpc) is 2.35. The van der Waals surface area contributed by atoms with Gasteiger partial charge in [0.1, 0.15) is 0 Å². The van der Waals surface area contributed by atoms with Crippen LogP contribution in [0.15, 0.2) is 46.2 Å². The van der Waals surface area contributed by atoms with Crippen LogP contribution in [-0.2, 0) is 10.8 Å². The summed E-state index contributed by atoms with van der Waals surface area (Å²) in [5.74, 6) is 0. The van der Waals surface area contributed by atoms with E-state index in [0.29, 0.717) is 10.0 Å². The Bertz CT molecular complexity index is 617. The van der Waals surface area contributed by atoms with Gasteiger partial charge < -0.3 is 4.90 Å². The van der Waals surface area contributed by atoms with E-state index in [4.69, 9.17) is 23.2 Å². The molecule has 92 valence electrons. The number of hydrogen-bond acceptors (Lipinski definition) is 2. The Morgan fingerprint density at radius 3 is 1.83 bits per heavy atom. The minimum Gasteiger partial charge on any atom is -0.343 e. The topological polar surface area (TPSA) is 20.3 Å². The molecule has 0 radical (unpaired) electrons. The predicted molar refractivity (Wildman–Crippen MR) is 75.6 cm³/mol. The smallest absolute Gasteiger partial charge is 0.0893 e. The first-order valence-electron chi connectivity index (χ1n) is 5.32. The number of anilines is 2. The molecule has 0 N–H and O–H groups in total. The maximum atomic E-state index is 12.5. The van der Waals surface area contributed by atoms with Gasteiger partial charge in [-0.05, 0) is 36.4 Å². The summed E-state index contributed by atoms with van der Waals surface area (Å²) in [4.78, 5) is 3.44. The van der Waals surface area contributed by atoms with E-state index in [1.807, 2.05) is 24.1 Å². The van der Waals surface area contributed by atoms with Gasteiger partial charge in [-0.2, -0.15) is 0 Å². The molecule has 2 nitrogen and oxygen atoms in total. The van der Waals surface area contributed by atoms with Crippen LogP contribution in [-0.4, -0.2) is 11.3 Å². The highest BCUT2D eigenvalue weighted by Gasteiger charge is 2.26. The molecular weight excluding hydrogens is 289 g/mol. The lowest BCUT2D eigenvalue weighted by atomic mass is 10.2. The lowest BCUT2D eigenvalue weighted by molar-refractivity contribution is 0.682. The summed E-state index contributed by atoms with van der Waals surface area (Å²) in [6, 6.07) is 10.9. The zero-order valence-corrected chi connectivity index (χ0v) is 11.8. The Hall–Kier alpha value is -1.03. The van der Waals surface area contributed by atoms with Crippen molar-refractivity contribution in [3.05, 3.63) is 46.4 Å². The molecule has 0 aromatic heterocycles. The van der Waals surface area contributed by atoms with Crippen LogP contribution in [0.1, 0.15) is 0 Å². The van der Waals surface area contributed by atoms with Crippen LogP contribution in [0.5, 0.6) is 0 Å². The van der Waals surface area contributed by atoms with Crippen molar-refractivity contribution in [3.8, 4) is 0 Å². The van der Waals surface area contributed by atoms with E-state index in [9.17, 15) is 4.21 Å². The van der Waals surface area contributed by atoms with Crippen molar-refractivity contribution >= 4 is 45.4 Å². The third-order valence-electron chi connectivity index (χ3n) is 2.97. The van der Waals surface area contributed by atoms with Gasteiger partial charge >= 0.3 is 0 Å². The van der Waals surface area contributed by atoms with E-state index >= 15 is 0 Å². The van der Waals surface area contributed by atoms with E-state index in [0.717, 1.165) is 21.2 Å². The summed E-state index contributed by atoms with van der Waals surface area (Å²) in [6.45, 7) is 0. The molecule has 18 heavy (non-hydrogen) atoms. The van der Waals surface area contributed by atoms with Gasteiger partial charge in [-0.15, -0.1) is 0 Å². The second kappa shape index (κ2) is 4.26. The molecule has 0 spiro atoms. The molecule has 0 fully saturated rings. The highest BCUT2D eigenvalue weighted by atomic mass is 35.5. The summed E-state index contributed by atoms with van der Waals surface area (Å²) < 4.78 is 12.5. The van der Waals surface area contributed by atoms with Crippen LogP contribution in [0.3, 0.4) is 0 Å². The third kappa shape index (κ3) is 1.74. The minimum absolute atomic E-state index is 0.584. The first-order chi connectivity index (χ1) is 8.58. The Balaban J connectivity index is 2.28. The first kappa shape index (κ1) is 12.0. The molecule has 0 aliphatic carbocycles. The van der Waals surface area contributed by atoms with E-state index < -0.39 is 10.8 Å². The molecular formula is C13H9Cl2NOS. The molecule has 1 aliphatic heterocycles. The van der Waals surface area contributed by atoms with E-state index in [1.165, 1.54) is 0 Å². The molecule has 0 saturated carbocycles. The molecule has 3 rings (SSSR count). The van der Waals surface area contributed by atoms with Crippen molar-refractivity contribution in [1.29, 1.82) is 0 Å². The number of rotatable bonds is 0. The van der Waals surface area contributed by atoms with Crippen molar-refractivity contribution in [2.24, 2.45) is 0 Å². The molecule has 0 amide bonds. The number of halogens is 2. The number of benzene rings is 2. The maximum Gasteiger partial charge on any atom is 0.0893 e. The summed E-state index contributed by atoms with van der Waals surface area (Å²) in [7, 11) is 0.698. The first-order valence-corrected chi connectivity index (χ1v) is 7.23. The molecule has 1 heterocycles. The number of fused-ring (bicyclic) bond motifs is 2. The fourth-order valence-corrected chi connectivity index (χ4v) is 4.04. The molecule has 0 unspecified atom stereocenters. The van der Waals surface area contributed by atoms with Gasteiger partial charge in [0.05, 0.1) is 32.0 Å². The normalized spacial score (nSPS) is 14.3. The maximum absolute atomic E-state index is 12.5. The Morgan fingerprint density at radius 1 is 0.944 bits per heavy atom. The van der Waals surface area contributed by atoms with Crippen LogP contribution in [0.2, 0.25) is 10.0 Å². The summed E-state index contributed by atoms with van der Waals surface area (Å²) in [5, 5.41) is 1.17. The summed E-state index contributed by atoms with van der Waals surface area (Å²) >= 11 is 11.9. The fraction of sp³-hybridized carbons (Fsp3) is 0.0769. The van der Waals surface area contributed by atoms with Gasteiger partial charge in [-0.3, -0.25) is 0 Å². The molecule has 0 bridgehead atoms. The largest absolute Gasteiger partial charge is 0.343 e. The zero-order chi connectivity index (χ0) is 12.9. The van der Waals surface area contributed by atoms with Crippen molar-refractivity contribution in [2.75, 3.05) is 11.9 Å². The lowest BCUT2D eigenvalue weighted by Crippen LogP contribution is -2.19. The fourth-order valence-electron chi connectivity index (χ4n) is 2.08. The van der Waals surface area contributed by atoms with Crippen molar-refractivity contribution in [2.45, 2.75) is 9.79 Å². The average molecular weight is 298 g/mol. The van der Waals surface area contributed by atoms with Gasteiger partial charge in [-0.1, -0.05) is 23.2 Å². The van der Waals surface area contributed by atoms with Crippen molar-refractivity contribution in [3.63, 3.8) is 0 Å². The number of nitrogens with zero attached hydrogens (tertiary/aromatic N) is 1. The molecule has 0 atom stereocenters. The lowest BCUT2D eigenvalue weighted by Gasteiger charge is -2.29. The van der Waals surface area contributed by atoms with Crippen molar-refractivity contribution in [1.82, 2.24) is 0 Å². The van der Waals surface area contributed by atoms with Crippen LogP contribution in [0.25, 0.3) is 0 Å². The second-order valence-electron chi connectivity index (χ2n) is 4.05. The number of hydrogen-bond donors (Lipinski definition) is 0. The SMILES string of the molecule is CN1c2ccc(Cl)cc2S(=O)c2cc(Cl)ccc21. The van der Waals surface area contributed by atoms with Gasteiger partial charge in [0.15, 0.2) is 0 Å². The van der Waals surface area contributed by atoms with Crippen molar-refractivity contribution < 1.29 is 4.21 Å². The Morgan fingerprint density at radius 2 is 1.39 bits per heavy atom. The van der Waals surface area contributed by atoms with Gasteiger partial charge in [0.2, 0.25) is 0 Å². The van der Waals surface area contributed by atoms with Crippen LogP contribution >= 0.6 is 23.2 Å². The Labute approximate surface area is 118 Å². The molecule has 2 aromatic carbocycles. The van der Waals surface area contributed by atoms with Crippen LogP contribution in [0, 0.1) is 0 Å². The molecule has 2 aromatic rings. The summed E-state index contributed by atoms with van der Waals surface area (Å²) in [5.41, 5.74) is 1.82. The molecule has 0 saturated heterocycles. The van der Waals surface area contributed by atoms with Gasteiger partial charge in [0, 0.05) is 17.1 Å². The van der Waals surface area contributed by atoms with Crippen LogP contribution in [0.4, 0.5) is 11.4 Å². The van der Waals surface area contributed by atoms with E-state index in [-0.39, 0.29) is 0 Å². The molecule has 1 aliphatic rings. The second-order valence-corrected chi connectivity index (χ2v) is 6.34. The van der Waals surface area contributed by atoms with E-state index in [2.05, 4.69) is 0 Å². The quantitative estimate of drug-likeness (QED) is 0.725. The zero-order valence-electron chi connectivity index (χ0n) is 9.48. The minimum atomic E-state index is -1.24. The highest BCUT2D eigenvalue weighted by molar-refractivity contribution is 7.85. The predicted octanol–water partition coefficient (Wildman–Crippen LogP) is 4.24. The van der Waals surface area contributed by atoms with Gasteiger partial charge in [0.25, 0.3) is 0 Å².